The number of carbonyl (C=O) groups excluding carboxylic acids is 1. The monoisotopic (exact) mass is 282 g/mol. The number of hydrogen-bond acceptors (Lipinski definition) is 5. The second kappa shape index (κ2) is 6.06. The lowest BCUT2D eigenvalue weighted by Gasteiger charge is -2.02. The highest BCUT2D eigenvalue weighted by molar-refractivity contribution is 7.98. The molecule has 2 aromatic rings. The van der Waals surface area contributed by atoms with Gasteiger partial charge in [0.1, 0.15) is 4.88 Å². The van der Waals surface area contributed by atoms with Crippen LogP contribution in [0.15, 0.2) is 29.7 Å². The number of methoxy groups -OCH3 is 1. The predicted molar refractivity (Wildman–Crippen MR) is 73.1 cm³/mol. The van der Waals surface area contributed by atoms with Crippen LogP contribution in [0.25, 0.3) is 0 Å². The van der Waals surface area contributed by atoms with E-state index in [1.54, 1.807) is 24.0 Å². The summed E-state index contributed by atoms with van der Waals surface area (Å²) in [6.45, 7) is 3.01. The standard InChI is InChI=1S/C12H14N2O2S2/c1-3-14-7-6-13-12(14)17-8-9-4-5-10(18-9)11(15)16-2/h4-7H,3,8H2,1-2H3. The van der Waals surface area contributed by atoms with Crippen LogP contribution in [0.3, 0.4) is 0 Å². The van der Waals surface area contributed by atoms with E-state index in [-0.39, 0.29) is 5.97 Å². The van der Waals surface area contributed by atoms with Gasteiger partial charge in [-0.1, -0.05) is 11.8 Å². The van der Waals surface area contributed by atoms with Gasteiger partial charge in [0.25, 0.3) is 0 Å². The highest BCUT2D eigenvalue weighted by Crippen LogP contribution is 2.26. The summed E-state index contributed by atoms with van der Waals surface area (Å²) in [5.41, 5.74) is 0. The average molecular weight is 282 g/mol. The molecule has 0 aliphatic heterocycles. The van der Waals surface area contributed by atoms with Gasteiger partial charge in [-0.15, -0.1) is 11.3 Å². The molecule has 2 aromatic heterocycles. The van der Waals surface area contributed by atoms with Crippen LogP contribution in [0.5, 0.6) is 0 Å². The van der Waals surface area contributed by atoms with Gasteiger partial charge < -0.3 is 9.30 Å². The first-order valence-corrected chi connectivity index (χ1v) is 7.35. The summed E-state index contributed by atoms with van der Waals surface area (Å²) in [5.74, 6) is 0.546. The summed E-state index contributed by atoms with van der Waals surface area (Å²) in [4.78, 5) is 17.4. The fourth-order valence-electron chi connectivity index (χ4n) is 1.48. The third-order valence-electron chi connectivity index (χ3n) is 2.41. The van der Waals surface area contributed by atoms with E-state index in [2.05, 4.69) is 21.2 Å². The van der Waals surface area contributed by atoms with E-state index in [0.717, 1.165) is 22.3 Å². The Morgan fingerprint density at radius 2 is 2.39 bits per heavy atom. The van der Waals surface area contributed by atoms with Gasteiger partial charge in [-0.2, -0.15) is 0 Å². The number of imidazole rings is 1. The molecule has 0 aliphatic carbocycles. The van der Waals surface area contributed by atoms with E-state index < -0.39 is 0 Å². The molecule has 2 rings (SSSR count). The minimum Gasteiger partial charge on any atom is -0.465 e. The Balaban J connectivity index is 1.98. The normalized spacial score (nSPS) is 10.6. The molecule has 6 heteroatoms. The van der Waals surface area contributed by atoms with Crippen molar-refractivity contribution in [1.29, 1.82) is 0 Å². The molecule has 0 aliphatic rings. The number of aryl methyl sites for hydroxylation is 1. The van der Waals surface area contributed by atoms with Crippen molar-refractivity contribution in [1.82, 2.24) is 9.55 Å². The number of ether oxygens (including phenoxy) is 1. The third kappa shape index (κ3) is 2.94. The fraction of sp³-hybridized carbons (Fsp3) is 0.333. The molecule has 0 fully saturated rings. The number of rotatable bonds is 5. The van der Waals surface area contributed by atoms with Crippen molar-refractivity contribution in [2.75, 3.05) is 7.11 Å². The van der Waals surface area contributed by atoms with E-state index in [0.29, 0.717) is 4.88 Å². The molecule has 0 N–H and O–H groups in total. The van der Waals surface area contributed by atoms with Crippen LogP contribution in [0.1, 0.15) is 21.5 Å². The van der Waals surface area contributed by atoms with Gasteiger partial charge in [0, 0.05) is 29.6 Å². The maximum atomic E-state index is 11.3. The molecule has 0 atom stereocenters. The zero-order valence-corrected chi connectivity index (χ0v) is 11.9. The van der Waals surface area contributed by atoms with Gasteiger partial charge in [0.2, 0.25) is 0 Å². The number of thiophene rings is 1. The second-order valence-electron chi connectivity index (χ2n) is 3.54. The molecule has 0 radical (unpaired) electrons. The third-order valence-corrected chi connectivity index (χ3v) is 4.71. The summed E-state index contributed by atoms with van der Waals surface area (Å²) in [7, 11) is 1.40. The maximum absolute atomic E-state index is 11.3. The Morgan fingerprint density at radius 3 is 3.11 bits per heavy atom. The van der Waals surface area contributed by atoms with E-state index in [1.165, 1.54) is 18.4 Å². The highest BCUT2D eigenvalue weighted by atomic mass is 32.2. The van der Waals surface area contributed by atoms with Crippen LogP contribution >= 0.6 is 23.1 Å². The van der Waals surface area contributed by atoms with Crippen LogP contribution in [-0.4, -0.2) is 22.6 Å². The van der Waals surface area contributed by atoms with Crippen LogP contribution in [-0.2, 0) is 17.0 Å². The summed E-state index contributed by atoms with van der Waals surface area (Å²) in [6, 6.07) is 3.77. The molecule has 0 spiro atoms. The largest absolute Gasteiger partial charge is 0.465 e. The molecule has 2 heterocycles. The Morgan fingerprint density at radius 1 is 1.56 bits per heavy atom. The first-order valence-electron chi connectivity index (χ1n) is 5.55. The van der Waals surface area contributed by atoms with Crippen molar-refractivity contribution in [3.05, 3.63) is 34.3 Å². The van der Waals surface area contributed by atoms with E-state index >= 15 is 0 Å². The fourth-order valence-corrected chi connectivity index (χ4v) is 3.47. The second-order valence-corrected chi connectivity index (χ2v) is 5.65. The van der Waals surface area contributed by atoms with Crippen molar-refractivity contribution in [2.24, 2.45) is 0 Å². The maximum Gasteiger partial charge on any atom is 0.348 e. The van der Waals surface area contributed by atoms with Crippen molar-refractivity contribution < 1.29 is 9.53 Å². The average Bonchev–Trinajstić information content (AvgIpc) is 3.03. The Labute approximate surface area is 114 Å². The molecular weight excluding hydrogens is 268 g/mol. The summed E-state index contributed by atoms with van der Waals surface area (Å²) in [5, 5.41) is 1.01. The van der Waals surface area contributed by atoms with E-state index in [9.17, 15) is 4.79 Å². The van der Waals surface area contributed by atoms with Crippen molar-refractivity contribution >= 4 is 29.1 Å². The molecule has 96 valence electrons. The molecule has 0 bridgehead atoms. The van der Waals surface area contributed by atoms with Gasteiger partial charge in [-0.25, -0.2) is 9.78 Å². The molecule has 0 saturated heterocycles. The minimum atomic E-state index is -0.272. The quantitative estimate of drug-likeness (QED) is 0.624. The zero-order chi connectivity index (χ0) is 13.0. The van der Waals surface area contributed by atoms with Crippen molar-refractivity contribution in [2.45, 2.75) is 24.4 Å². The van der Waals surface area contributed by atoms with Crippen LogP contribution in [0.4, 0.5) is 0 Å². The minimum absolute atomic E-state index is 0.272. The Hall–Kier alpha value is -1.27. The number of carbonyl (C=O) groups is 1. The van der Waals surface area contributed by atoms with Gasteiger partial charge in [-0.3, -0.25) is 0 Å². The number of thioether (sulfide) groups is 1. The Kier molecular flexibility index (Phi) is 4.43. The van der Waals surface area contributed by atoms with Crippen molar-refractivity contribution in [3.8, 4) is 0 Å². The smallest absolute Gasteiger partial charge is 0.348 e. The first kappa shape index (κ1) is 13.2. The van der Waals surface area contributed by atoms with Crippen molar-refractivity contribution in [3.63, 3.8) is 0 Å². The lowest BCUT2D eigenvalue weighted by molar-refractivity contribution is 0.0606. The Bertz CT molecular complexity index is 534. The summed E-state index contributed by atoms with van der Waals surface area (Å²) in [6.07, 6.45) is 3.77. The van der Waals surface area contributed by atoms with Gasteiger partial charge in [0.05, 0.1) is 7.11 Å². The molecule has 0 amide bonds. The molecule has 0 unspecified atom stereocenters. The first-order chi connectivity index (χ1) is 8.74. The SMILES string of the molecule is CCn1ccnc1SCc1ccc(C(=O)OC)s1. The van der Waals surface area contributed by atoms with E-state index in [4.69, 9.17) is 0 Å². The molecule has 0 aromatic carbocycles. The highest BCUT2D eigenvalue weighted by Gasteiger charge is 2.10. The van der Waals surface area contributed by atoms with Gasteiger partial charge in [0.15, 0.2) is 5.16 Å². The van der Waals surface area contributed by atoms with Crippen LogP contribution in [0.2, 0.25) is 0 Å². The predicted octanol–water partition coefficient (Wildman–Crippen LogP) is 3.04. The van der Waals surface area contributed by atoms with Crippen LogP contribution < -0.4 is 0 Å². The molecule has 18 heavy (non-hydrogen) atoms. The molecule has 0 saturated carbocycles. The molecule has 4 nitrogen and oxygen atoms in total. The lowest BCUT2D eigenvalue weighted by Crippen LogP contribution is -1.96. The van der Waals surface area contributed by atoms with Gasteiger partial charge in [-0.05, 0) is 19.1 Å². The van der Waals surface area contributed by atoms with Crippen LogP contribution in [0, 0.1) is 0 Å². The zero-order valence-electron chi connectivity index (χ0n) is 10.3. The van der Waals surface area contributed by atoms with Gasteiger partial charge >= 0.3 is 5.97 Å². The summed E-state index contributed by atoms with van der Waals surface area (Å²) < 4.78 is 6.78. The number of hydrogen-bond donors (Lipinski definition) is 0. The number of esters is 1. The number of aromatic nitrogens is 2. The van der Waals surface area contributed by atoms with E-state index in [1.807, 2.05) is 12.3 Å². The molecular formula is C12H14N2O2S2. The topological polar surface area (TPSA) is 44.1 Å². The number of nitrogens with zero attached hydrogens (tertiary/aromatic N) is 2. The summed E-state index contributed by atoms with van der Waals surface area (Å²) >= 11 is 3.14. The lowest BCUT2D eigenvalue weighted by atomic mass is 10.4.